The predicted molar refractivity (Wildman–Crippen MR) is 76.4 cm³/mol. The van der Waals surface area contributed by atoms with Crippen molar-refractivity contribution in [2.24, 2.45) is 5.92 Å². The molecule has 6 heteroatoms. The Bertz CT molecular complexity index is 600. The molecule has 1 amide bonds. The second-order valence-corrected chi connectivity index (χ2v) is 5.78. The smallest absolute Gasteiger partial charge is 0.296 e. The molecule has 2 heterocycles. The monoisotopic (exact) mass is 294 g/mol. The number of nitrogens with zero attached hydrogens (tertiary/aromatic N) is 1. The Morgan fingerprint density at radius 2 is 2.20 bits per heavy atom. The predicted octanol–water partition coefficient (Wildman–Crippen LogP) is 1.68. The highest BCUT2D eigenvalue weighted by Gasteiger charge is 2.32. The number of carbonyl (C=O) groups is 2. The number of fused-ring (bicyclic) bond motifs is 1. The number of carbonyl (C=O) groups excluding carboxylic acids is 2. The number of amides is 1. The van der Waals surface area contributed by atoms with Crippen LogP contribution in [-0.4, -0.2) is 36.0 Å². The zero-order valence-electron chi connectivity index (χ0n) is 11.0. The van der Waals surface area contributed by atoms with Crippen molar-refractivity contribution in [3.8, 4) is 0 Å². The third kappa shape index (κ3) is 2.07. The van der Waals surface area contributed by atoms with Gasteiger partial charge in [0.05, 0.1) is 28.1 Å². The van der Waals surface area contributed by atoms with Crippen LogP contribution in [0.2, 0.25) is 5.02 Å². The molecule has 5 nitrogen and oxygen atoms in total. The van der Waals surface area contributed by atoms with Crippen molar-refractivity contribution in [1.82, 2.24) is 0 Å². The average molecular weight is 295 g/mol. The van der Waals surface area contributed by atoms with Crippen molar-refractivity contribution in [3.63, 3.8) is 0 Å². The lowest BCUT2D eigenvalue weighted by molar-refractivity contribution is -0.112. The maximum absolute atomic E-state index is 11.6. The van der Waals surface area contributed by atoms with Gasteiger partial charge in [-0.2, -0.15) is 0 Å². The summed E-state index contributed by atoms with van der Waals surface area (Å²) < 4.78 is 0. The summed E-state index contributed by atoms with van der Waals surface area (Å²) in [5.74, 6) is -0.941. The van der Waals surface area contributed by atoms with Gasteiger partial charge in [0.1, 0.15) is 0 Å². The van der Waals surface area contributed by atoms with Gasteiger partial charge in [0, 0.05) is 19.0 Å². The van der Waals surface area contributed by atoms with Crippen LogP contribution in [0.4, 0.5) is 11.4 Å². The summed E-state index contributed by atoms with van der Waals surface area (Å²) in [6, 6.07) is 3.28. The van der Waals surface area contributed by atoms with Gasteiger partial charge in [0.15, 0.2) is 0 Å². The number of anilines is 2. The quantitative estimate of drug-likeness (QED) is 0.814. The molecule has 106 valence electrons. The van der Waals surface area contributed by atoms with Gasteiger partial charge >= 0.3 is 0 Å². The SMILES string of the molecule is CC(O)C1CCN(c2cc3c(cc2Cl)C(=O)C(=O)N3)C1. The highest BCUT2D eigenvalue weighted by molar-refractivity contribution is 6.52. The van der Waals surface area contributed by atoms with Crippen LogP contribution in [0.15, 0.2) is 12.1 Å². The Kier molecular flexibility index (Phi) is 3.18. The van der Waals surface area contributed by atoms with E-state index in [4.69, 9.17) is 11.6 Å². The van der Waals surface area contributed by atoms with Crippen molar-refractivity contribution in [3.05, 3.63) is 22.7 Å². The molecule has 0 radical (unpaired) electrons. The van der Waals surface area contributed by atoms with E-state index in [0.29, 0.717) is 16.3 Å². The van der Waals surface area contributed by atoms with E-state index in [0.717, 1.165) is 25.2 Å². The fourth-order valence-corrected chi connectivity index (χ4v) is 3.08. The fourth-order valence-electron chi connectivity index (χ4n) is 2.80. The molecule has 2 aliphatic heterocycles. The number of ketones is 1. The Labute approximate surface area is 121 Å². The number of nitrogens with one attached hydrogen (secondary N) is 1. The molecular weight excluding hydrogens is 280 g/mol. The molecule has 1 saturated heterocycles. The molecule has 2 aliphatic rings. The minimum atomic E-state index is -0.614. The van der Waals surface area contributed by atoms with Gasteiger partial charge in [-0.3, -0.25) is 9.59 Å². The molecule has 0 saturated carbocycles. The normalized spacial score (nSPS) is 22.9. The molecule has 1 aromatic carbocycles. The lowest BCUT2D eigenvalue weighted by atomic mass is 10.0. The van der Waals surface area contributed by atoms with Gasteiger partial charge in [-0.05, 0) is 25.5 Å². The Balaban J connectivity index is 1.91. The van der Waals surface area contributed by atoms with Crippen molar-refractivity contribution in [2.45, 2.75) is 19.4 Å². The van der Waals surface area contributed by atoms with Crippen LogP contribution >= 0.6 is 11.6 Å². The van der Waals surface area contributed by atoms with Gasteiger partial charge in [-0.1, -0.05) is 11.6 Å². The van der Waals surface area contributed by atoms with Gasteiger partial charge in [0.2, 0.25) is 0 Å². The van der Waals surface area contributed by atoms with Crippen LogP contribution in [0.3, 0.4) is 0 Å². The van der Waals surface area contributed by atoms with E-state index >= 15 is 0 Å². The molecule has 3 rings (SSSR count). The summed E-state index contributed by atoms with van der Waals surface area (Å²) in [5, 5.41) is 12.7. The molecule has 0 bridgehead atoms. The summed E-state index contributed by atoms with van der Waals surface area (Å²) in [4.78, 5) is 25.0. The first-order chi connectivity index (χ1) is 9.47. The van der Waals surface area contributed by atoms with E-state index in [9.17, 15) is 14.7 Å². The molecule has 1 fully saturated rings. The van der Waals surface area contributed by atoms with Crippen LogP contribution in [0.1, 0.15) is 23.7 Å². The van der Waals surface area contributed by atoms with Crippen LogP contribution in [0.25, 0.3) is 0 Å². The zero-order chi connectivity index (χ0) is 14.4. The summed E-state index contributed by atoms with van der Waals surface area (Å²) in [6.45, 7) is 3.31. The third-order valence-electron chi connectivity index (χ3n) is 4.03. The van der Waals surface area contributed by atoms with Crippen molar-refractivity contribution in [1.29, 1.82) is 0 Å². The number of Topliss-reactive ketones (excluding diaryl/α,β-unsaturated/α-hetero) is 1. The molecule has 0 aromatic heterocycles. The van der Waals surface area contributed by atoms with Gasteiger partial charge in [-0.25, -0.2) is 0 Å². The van der Waals surface area contributed by atoms with E-state index in [1.54, 1.807) is 19.1 Å². The van der Waals surface area contributed by atoms with Gasteiger partial charge < -0.3 is 15.3 Å². The Hall–Kier alpha value is -1.59. The second-order valence-electron chi connectivity index (χ2n) is 5.37. The van der Waals surface area contributed by atoms with E-state index in [-0.39, 0.29) is 12.0 Å². The van der Waals surface area contributed by atoms with E-state index in [2.05, 4.69) is 10.2 Å². The minimum Gasteiger partial charge on any atom is -0.393 e. The van der Waals surface area contributed by atoms with E-state index in [1.807, 2.05) is 0 Å². The van der Waals surface area contributed by atoms with Crippen molar-refractivity contribution >= 4 is 34.7 Å². The molecule has 2 unspecified atom stereocenters. The molecule has 2 atom stereocenters. The Morgan fingerprint density at radius 1 is 1.45 bits per heavy atom. The average Bonchev–Trinajstić information content (AvgIpc) is 2.97. The topological polar surface area (TPSA) is 69.6 Å². The Morgan fingerprint density at radius 3 is 2.85 bits per heavy atom. The van der Waals surface area contributed by atoms with Crippen LogP contribution < -0.4 is 10.2 Å². The summed E-state index contributed by atoms with van der Waals surface area (Å²) in [6.07, 6.45) is 0.547. The van der Waals surface area contributed by atoms with Gasteiger partial charge in [-0.15, -0.1) is 0 Å². The second kappa shape index (κ2) is 4.75. The minimum absolute atomic E-state index is 0.218. The number of benzene rings is 1. The van der Waals surface area contributed by atoms with Crippen molar-refractivity contribution in [2.75, 3.05) is 23.3 Å². The first-order valence-corrected chi connectivity index (χ1v) is 6.97. The summed E-state index contributed by atoms with van der Waals surface area (Å²) in [5.41, 5.74) is 1.64. The fraction of sp³-hybridized carbons (Fsp3) is 0.429. The van der Waals surface area contributed by atoms with E-state index in [1.165, 1.54) is 0 Å². The first-order valence-electron chi connectivity index (χ1n) is 6.59. The molecule has 0 aliphatic carbocycles. The van der Waals surface area contributed by atoms with Crippen LogP contribution in [0, 0.1) is 5.92 Å². The summed E-state index contributed by atoms with van der Waals surface area (Å²) in [7, 11) is 0. The highest BCUT2D eigenvalue weighted by atomic mass is 35.5. The van der Waals surface area contributed by atoms with Crippen LogP contribution in [0.5, 0.6) is 0 Å². The molecule has 1 aromatic rings. The maximum Gasteiger partial charge on any atom is 0.296 e. The maximum atomic E-state index is 11.6. The highest BCUT2D eigenvalue weighted by Crippen LogP contribution is 2.37. The standard InChI is InChI=1S/C14H15ClN2O3/c1-7(18)8-2-3-17(6-8)12-5-11-9(4-10(12)15)13(19)14(20)16-11/h4-5,7-8,18H,2-3,6H2,1H3,(H,16,19,20). The zero-order valence-corrected chi connectivity index (χ0v) is 11.8. The number of halogens is 1. The molecule has 20 heavy (non-hydrogen) atoms. The number of hydrogen-bond acceptors (Lipinski definition) is 4. The number of rotatable bonds is 2. The summed E-state index contributed by atoms with van der Waals surface area (Å²) >= 11 is 6.23. The number of hydrogen-bond donors (Lipinski definition) is 2. The third-order valence-corrected chi connectivity index (χ3v) is 4.34. The first kappa shape index (κ1) is 13.4. The lowest BCUT2D eigenvalue weighted by Gasteiger charge is -2.21. The lowest BCUT2D eigenvalue weighted by Crippen LogP contribution is -2.24. The van der Waals surface area contributed by atoms with Gasteiger partial charge in [0.25, 0.3) is 11.7 Å². The van der Waals surface area contributed by atoms with Crippen LogP contribution in [-0.2, 0) is 4.79 Å². The van der Waals surface area contributed by atoms with Crippen molar-refractivity contribution < 1.29 is 14.7 Å². The molecule has 2 N–H and O–H groups in total. The largest absolute Gasteiger partial charge is 0.393 e. The molecular formula is C14H15ClN2O3. The molecule has 0 spiro atoms. The number of aliphatic hydroxyl groups is 1. The number of aliphatic hydroxyl groups excluding tert-OH is 1. The van der Waals surface area contributed by atoms with E-state index < -0.39 is 11.7 Å².